The Hall–Kier alpha value is -2.83. The summed E-state index contributed by atoms with van der Waals surface area (Å²) < 4.78 is 10.4. The lowest BCUT2D eigenvalue weighted by Crippen LogP contribution is -2.13. The Morgan fingerprint density at radius 3 is 2.62 bits per heavy atom. The van der Waals surface area contributed by atoms with Crippen molar-refractivity contribution in [3.8, 4) is 5.75 Å². The first kappa shape index (κ1) is 19.5. The first-order chi connectivity index (χ1) is 12.5. The van der Waals surface area contributed by atoms with E-state index in [9.17, 15) is 9.59 Å². The van der Waals surface area contributed by atoms with Crippen molar-refractivity contribution < 1.29 is 24.2 Å². The molecule has 0 aliphatic heterocycles. The number of carboxylic acids is 1. The third-order valence-electron chi connectivity index (χ3n) is 3.89. The second-order valence-corrected chi connectivity index (χ2v) is 6.00. The summed E-state index contributed by atoms with van der Waals surface area (Å²) in [7, 11) is 0. The number of carbonyl (C=O) groups excluding carboxylic acids is 1. The number of hydrogen-bond acceptors (Lipinski definition) is 5. The molecule has 2 rings (SSSR count). The van der Waals surface area contributed by atoms with Gasteiger partial charge in [0.15, 0.2) is 6.61 Å². The minimum Gasteiger partial charge on any atom is -0.482 e. The van der Waals surface area contributed by atoms with E-state index in [0.29, 0.717) is 5.75 Å². The third kappa shape index (κ3) is 5.91. The predicted molar refractivity (Wildman–Crippen MR) is 95.2 cm³/mol. The fourth-order valence-corrected chi connectivity index (χ4v) is 2.53. The number of aryl methyl sites for hydroxylation is 1. The summed E-state index contributed by atoms with van der Waals surface area (Å²) in [5.74, 6) is -0.178. The normalized spacial score (nSPS) is 11.8. The SMILES string of the molecule is CCCCc1ncc(C(COC(C)=O)c2ccc(OCC(=O)O)cc2)[nH]1. The van der Waals surface area contributed by atoms with Gasteiger partial charge in [0, 0.05) is 25.2 Å². The van der Waals surface area contributed by atoms with Gasteiger partial charge >= 0.3 is 11.9 Å². The zero-order chi connectivity index (χ0) is 18.9. The van der Waals surface area contributed by atoms with Crippen LogP contribution in [0, 0.1) is 0 Å². The van der Waals surface area contributed by atoms with Crippen molar-refractivity contribution in [3.05, 3.63) is 47.5 Å². The van der Waals surface area contributed by atoms with Crippen molar-refractivity contribution in [2.45, 2.75) is 39.0 Å². The number of aromatic amines is 1. The number of carboxylic acid groups (broad SMARTS) is 1. The van der Waals surface area contributed by atoms with Crippen LogP contribution in [-0.2, 0) is 20.7 Å². The molecule has 140 valence electrons. The summed E-state index contributed by atoms with van der Waals surface area (Å²) in [5.41, 5.74) is 1.79. The fourth-order valence-electron chi connectivity index (χ4n) is 2.53. The zero-order valence-electron chi connectivity index (χ0n) is 15.0. The average molecular weight is 360 g/mol. The molecule has 1 unspecified atom stereocenters. The van der Waals surface area contributed by atoms with Crippen molar-refractivity contribution in [2.75, 3.05) is 13.2 Å². The van der Waals surface area contributed by atoms with Crippen LogP contribution in [0.15, 0.2) is 30.5 Å². The van der Waals surface area contributed by atoms with Crippen LogP contribution in [-0.4, -0.2) is 40.2 Å². The van der Waals surface area contributed by atoms with E-state index >= 15 is 0 Å². The number of rotatable bonds is 10. The number of aromatic nitrogens is 2. The van der Waals surface area contributed by atoms with E-state index in [1.807, 2.05) is 12.1 Å². The second kappa shape index (κ2) is 9.60. The Bertz CT molecular complexity index is 724. The van der Waals surface area contributed by atoms with Crippen LogP contribution in [0.4, 0.5) is 0 Å². The summed E-state index contributed by atoms with van der Waals surface area (Å²) in [5, 5.41) is 8.67. The maximum Gasteiger partial charge on any atom is 0.341 e. The molecule has 0 fully saturated rings. The number of hydrogen-bond donors (Lipinski definition) is 2. The maximum atomic E-state index is 11.2. The number of ether oxygens (including phenoxy) is 2. The van der Waals surface area contributed by atoms with Crippen molar-refractivity contribution in [1.29, 1.82) is 0 Å². The number of imidazole rings is 1. The number of nitrogens with zero attached hydrogens (tertiary/aromatic N) is 1. The van der Waals surface area contributed by atoms with Crippen molar-refractivity contribution in [2.24, 2.45) is 0 Å². The van der Waals surface area contributed by atoms with Gasteiger partial charge in [0.1, 0.15) is 18.2 Å². The van der Waals surface area contributed by atoms with E-state index in [0.717, 1.165) is 36.3 Å². The number of esters is 1. The van der Waals surface area contributed by atoms with Gasteiger partial charge in [0.25, 0.3) is 0 Å². The van der Waals surface area contributed by atoms with Gasteiger partial charge in [-0.1, -0.05) is 25.5 Å². The molecule has 0 amide bonds. The molecule has 7 nitrogen and oxygen atoms in total. The first-order valence-corrected chi connectivity index (χ1v) is 8.61. The molecule has 0 saturated carbocycles. The fraction of sp³-hybridized carbons (Fsp3) is 0.421. The van der Waals surface area contributed by atoms with Crippen LogP contribution in [0.1, 0.15) is 49.7 Å². The quantitative estimate of drug-likeness (QED) is 0.632. The van der Waals surface area contributed by atoms with Crippen LogP contribution in [0.3, 0.4) is 0 Å². The van der Waals surface area contributed by atoms with Crippen molar-refractivity contribution in [1.82, 2.24) is 9.97 Å². The van der Waals surface area contributed by atoms with E-state index < -0.39 is 12.6 Å². The second-order valence-electron chi connectivity index (χ2n) is 6.00. The molecule has 26 heavy (non-hydrogen) atoms. The maximum absolute atomic E-state index is 11.2. The van der Waals surface area contributed by atoms with E-state index in [1.165, 1.54) is 6.92 Å². The van der Waals surface area contributed by atoms with E-state index in [4.69, 9.17) is 14.6 Å². The Balaban J connectivity index is 2.16. The van der Waals surface area contributed by atoms with Gasteiger partial charge in [-0.2, -0.15) is 0 Å². The van der Waals surface area contributed by atoms with Crippen molar-refractivity contribution >= 4 is 11.9 Å². The molecular weight excluding hydrogens is 336 g/mol. The number of benzene rings is 1. The monoisotopic (exact) mass is 360 g/mol. The summed E-state index contributed by atoms with van der Waals surface area (Å²) in [6, 6.07) is 7.07. The van der Waals surface area contributed by atoms with E-state index in [-0.39, 0.29) is 18.5 Å². The van der Waals surface area contributed by atoms with Gasteiger partial charge in [-0.25, -0.2) is 9.78 Å². The smallest absolute Gasteiger partial charge is 0.341 e. The molecular formula is C19H24N2O5. The van der Waals surface area contributed by atoms with Crippen molar-refractivity contribution in [3.63, 3.8) is 0 Å². The van der Waals surface area contributed by atoms with Gasteiger partial charge in [-0.15, -0.1) is 0 Å². The van der Waals surface area contributed by atoms with E-state index in [2.05, 4.69) is 16.9 Å². The first-order valence-electron chi connectivity index (χ1n) is 8.61. The molecule has 7 heteroatoms. The van der Waals surface area contributed by atoms with Gasteiger partial charge in [0.05, 0.1) is 5.92 Å². The largest absolute Gasteiger partial charge is 0.482 e. The number of unbranched alkanes of at least 4 members (excludes halogenated alkanes) is 1. The minimum atomic E-state index is -1.03. The molecule has 0 bridgehead atoms. The lowest BCUT2D eigenvalue weighted by molar-refractivity contribution is -0.141. The Morgan fingerprint density at radius 2 is 2.00 bits per heavy atom. The number of aliphatic carboxylic acids is 1. The van der Waals surface area contributed by atoms with Crippen LogP contribution in [0.2, 0.25) is 0 Å². The van der Waals surface area contributed by atoms with Crippen LogP contribution in [0.5, 0.6) is 5.75 Å². The number of H-pyrrole nitrogens is 1. The molecule has 1 atom stereocenters. The topological polar surface area (TPSA) is 102 Å². The van der Waals surface area contributed by atoms with E-state index in [1.54, 1.807) is 18.3 Å². The highest BCUT2D eigenvalue weighted by atomic mass is 16.5. The number of nitrogens with one attached hydrogen (secondary N) is 1. The minimum absolute atomic E-state index is 0.185. The molecule has 2 aromatic rings. The Labute approximate surface area is 152 Å². The Kier molecular flexibility index (Phi) is 7.20. The van der Waals surface area contributed by atoms with Crippen LogP contribution < -0.4 is 4.74 Å². The summed E-state index contributed by atoms with van der Waals surface area (Å²) >= 11 is 0. The molecule has 0 spiro atoms. The van der Waals surface area contributed by atoms with Gasteiger partial charge in [-0.3, -0.25) is 4.79 Å². The molecule has 1 heterocycles. The summed E-state index contributed by atoms with van der Waals surface area (Å²) in [6.07, 6.45) is 4.79. The summed E-state index contributed by atoms with van der Waals surface area (Å²) in [4.78, 5) is 29.5. The van der Waals surface area contributed by atoms with Crippen LogP contribution >= 0.6 is 0 Å². The van der Waals surface area contributed by atoms with Gasteiger partial charge < -0.3 is 19.6 Å². The molecule has 0 aliphatic rings. The highest BCUT2D eigenvalue weighted by Crippen LogP contribution is 2.26. The zero-order valence-corrected chi connectivity index (χ0v) is 15.0. The molecule has 0 saturated heterocycles. The lowest BCUT2D eigenvalue weighted by Gasteiger charge is -2.16. The number of carbonyl (C=O) groups is 2. The highest BCUT2D eigenvalue weighted by molar-refractivity contribution is 5.68. The Morgan fingerprint density at radius 1 is 1.27 bits per heavy atom. The molecule has 0 aliphatic carbocycles. The molecule has 1 aromatic carbocycles. The van der Waals surface area contributed by atoms with Gasteiger partial charge in [-0.05, 0) is 24.1 Å². The van der Waals surface area contributed by atoms with Gasteiger partial charge in [0.2, 0.25) is 0 Å². The molecule has 1 aromatic heterocycles. The predicted octanol–water partition coefficient (Wildman–Crippen LogP) is 2.91. The highest BCUT2D eigenvalue weighted by Gasteiger charge is 2.19. The lowest BCUT2D eigenvalue weighted by atomic mass is 9.97. The standard InChI is InChI=1S/C19H24N2O5/c1-3-4-5-18-20-10-17(21-18)16(11-25-13(2)22)14-6-8-15(9-7-14)26-12-19(23)24/h6-10,16H,3-5,11-12H2,1-2H3,(H,20,21)(H,23,24). The molecule has 2 N–H and O–H groups in total. The molecule has 0 radical (unpaired) electrons. The summed E-state index contributed by atoms with van der Waals surface area (Å²) in [6.45, 7) is 3.30. The third-order valence-corrected chi connectivity index (χ3v) is 3.89. The van der Waals surface area contributed by atoms with Crippen LogP contribution in [0.25, 0.3) is 0 Å². The average Bonchev–Trinajstić information content (AvgIpc) is 3.07.